The minimum absolute atomic E-state index is 0.100. The van der Waals surface area contributed by atoms with Gasteiger partial charge in [-0.05, 0) is 18.2 Å². The van der Waals surface area contributed by atoms with Gasteiger partial charge in [0.2, 0.25) is 0 Å². The lowest BCUT2D eigenvalue weighted by Gasteiger charge is -2.12. The molecule has 0 fully saturated rings. The fourth-order valence-electron chi connectivity index (χ4n) is 1.90. The molecule has 0 unspecified atom stereocenters. The standard InChI is InChI=1S/C15H15FN2O3/c16-12-6-5-11(13(7-12)15(17)18-20)9-21-14-4-2-1-3-10(14)8-19/h1-7,19-20H,8-9H2,(H2,17,18). The molecule has 2 aromatic carbocycles. The van der Waals surface area contributed by atoms with Gasteiger partial charge in [0.25, 0.3) is 0 Å². The van der Waals surface area contributed by atoms with E-state index in [1.165, 1.54) is 18.2 Å². The van der Waals surface area contributed by atoms with Crippen molar-refractivity contribution in [3.05, 3.63) is 65.0 Å². The van der Waals surface area contributed by atoms with Crippen molar-refractivity contribution in [1.29, 1.82) is 0 Å². The Bertz CT molecular complexity index is 659. The van der Waals surface area contributed by atoms with Crippen LogP contribution in [0.3, 0.4) is 0 Å². The van der Waals surface area contributed by atoms with Gasteiger partial charge in [-0.2, -0.15) is 0 Å². The molecule has 0 saturated heterocycles. The van der Waals surface area contributed by atoms with Crippen molar-refractivity contribution in [2.24, 2.45) is 10.9 Å². The fourth-order valence-corrected chi connectivity index (χ4v) is 1.90. The molecule has 5 nitrogen and oxygen atoms in total. The minimum Gasteiger partial charge on any atom is -0.489 e. The van der Waals surface area contributed by atoms with Gasteiger partial charge in [-0.1, -0.05) is 29.4 Å². The van der Waals surface area contributed by atoms with Crippen LogP contribution in [-0.4, -0.2) is 16.1 Å². The molecule has 0 aromatic heterocycles. The summed E-state index contributed by atoms with van der Waals surface area (Å²) in [5, 5.41) is 20.9. The summed E-state index contributed by atoms with van der Waals surface area (Å²) in [5.74, 6) is -0.158. The molecule has 110 valence electrons. The maximum atomic E-state index is 13.3. The molecule has 0 spiro atoms. The summed E-state index contributed by atoms with van der Waals surface area (Å²) in [4.78, 5) is 0. The van der Waals surface area contributed by atoms with Gasteiger partial charge < -0.3 is 20.8 Å². The monoisotopic (exact) mass is 290 g/mol. The van der Waals surface area contributed by atoms with Crippen LogP contribution in [0.25, 0.3) is 0 Å². The lowest BCUT2D eigenvalue weighted by Crippen LogP contribution is -2.17. The second kappa shape index (κ2) is 6.71. The largest absolute Gasteiger partial charge is 0.489 e. The van der Waals surface area contributed by atoms with Crippen LogP contribution in [0.15, 0.2) is 47.6 Å². The predicted molar refractivity (Wildman–Crippen MR) is 75.6 cm³/mol. The van der Waals surface area contributed by atoms with Crippen LogP contribution < -0.4 is 10.5 Å². The first-order valence-corrected chi connectivity index (χ1v) is 6.23. The number of hydrogen-bond acceptors (Lipinski definition) is 4. The zero-order valence-electron chi connectivity index (χ0n) is 11.2. The zero-order valence-corrected chi connectivity index (χ0v) is 11.2. The number of nitrogens with two attached hydrogens (primary N) is 1. The van der Waals surface area contributed by atoms with Crippen LogP contribution in [0.5, 0.6) is 5.75 Å². The first kappa shape index (κ1) is 14.8. The van der Waals surface area contributed by atoms with Gasteiger partial charge in [0.15, 0.2) is 5.84 Å². The average Bonchev–Trinajstić information content (AvgIpc) is 2.53. The molecular weight excluding hydrogens is 275 g/mol. The number of aliphatic hydroxyl groups is 1. The zero-order chi connectivity index (χ0) is 15.2. The van der Waals surface area contributed by atoms with Gasteiger partial charge in [0.05, 0.1) is 6.61 Å². The topological polar surface area (TPSA) is 88.1 Å². The van der Waals surface area contributed by atoms with E-state index in [4.69, 9.17) is 15.7 Å². The van der Waals surface area contributed by atoms with Crippen molar-refractivity contribution in [1.82, 2.24) is 0 Å². The van der Waals surface area contributed by atoms with Crippen LogP contribution in [0.2, 0.25) is 0 Å². The normalized spacial score (nSPS) is 11.4. The summed E-state index contributed by atoms with van der Waals surface area (Å²) < 4.78 is 18.9. The number of benzene rings is 2. The van der Waals surface area contributed by atoms with Crippen molar-refractivity contribution in [3.63, 3.8) is 0 Å². The first-order valence-electron chi connectivity index (χ1n) is 6.23. The highest BCUT2D eigenvalue weighted by molar-refractivity contribution is 5.98. The minimum atomic E-state index is -0.490. The summed E-state index contributed by atoms with van der Waals surface area (Å²) in [7, 11) is 0. The van der Waals surface area contributed by atoms with E-state index in [9.17, 15) is 9.50 Å². The van der Waals surface area contributed by atoms with E-state index in [0.717, 1.165) is 0 Å². The van der Waals surface area contributed by atoms with Crippen molar-refractivity contribution >= 4 is 5.84 Å². The van der Waals surface area contributed by atoms with Crippen molar-refractivity contribution in [2.45, 2.75) is 13.2 Å². The highest BCUT2D eigenvalue weighted by Gasteiger charge is 2.10. The lowest BCUT2D eigenvalue weighted by atomic mass is 10.1. The molecule has 4 N–H and O–H groups in total. The van der Waals surface area contributed by atoms with Crippen LogP contribution in [0.1, 0.15) is 16.7 Å². The Balaban J connectivity index is 2.24. The van der Waals surface area contributed by atoms with Gasteiger partial charge in [-0.3, -0.25) is 0 Å². The highest BCUT2D eigenvalue weighted by Crippen LogP contribution is 2.20. The van der Waals surface area contributed by atoms with Crippen molar-refractivity contribution in [3.8, 4) is 5.75 Å². The van der Waals surface area contributed by atoms with Gasteiger partial charge in [0, 0.05) is 16.7 Å². The van der Waals surface area contributed by atoms with Crippen molar-refractivity contribution in [2.75, 3.05) is 0 Å². The maximum absolute atomic E-state index is 13.3. The molecule has 0 radical (unpaired) electrons. The number of para-hydroxylation sites is 1. The molecule has 0 bridgehead atoms. The van der Waals surface area contributed by atoms with E-state index in [1.807, 2.05) is 0 Å². The fraction of sp³-hybridized carbons (Fsp3) is 0.133. The predicted octanol–water partition coefficient (Wildman–Crippen LogP) is 1.99. The van der Waals surface area contributed by atoms with Crippen LogP contribution in [-0.2, 0) is 13.2 Å². The molecule has 0 atom stereocenters. The molecule has 6 heteroatoms. The molecule has 0 saturated carbocycles. The Hall–Kier alpha value is -2.60. The Morgan fingerprint density at radius 1 is 1.19 bits per heavy atom. The van der Waals surface area contributed by atoms with E-state index in [2.05, 4.69) is 5.16 Å². The van der Waals surface area contributed by atoms with E-state index in [-0.39, 0.29) is 24.6 Å². The SMILES string of the molecule is NC(=NO)c1cc(F)ccc1COc1ccccc1CO. The number of ether oxygens (including phenoxy) is 1. The number of halogens is 1. The van der Waals surface area contributed by atoms with Crippen LogP contribution >= 0.6 is 0 Å². The summed E-state index contributed by atoms with van der Waals surface area (Å²) in [6.07, 6.45) is 0. The Morgan fingerprint density at radius 3 is 2.67 bits per heavy atom. The summed E-state index contributed by atoms with van der Waals surface area (Å²) in [6, 6.07) is 11.0. The third-order valence-electron chi connectivity index (χ3n) is 2.98. The Morgan fingerprint density at radius 2 is 1.95 bits per heavy atom. The van der Waals surface area contributed by atoms with Crippen LogP contribution in [0.4, 0.5) is 4.39 Å². The summed E-state index contributed by atoms with van der Waals surface area (Å²) >= 11 is 0. The quantitative estimate of drug-likeness (QED) is 0.340. The van der Waals surface area contributed by atoms with E-state index >= 15 is 0 Å². The van der Waals surface area contributed by atoms with Gasteiger partial charge in [-0.15, -0.1) is 0 Å². The number of rotatable bonds is 5. The highest BCUT2D eigenvalue weighted by atomic mass is 19.1. The van der Waals surface area contributed by atoms with Gasteiger partial charge in [-0.25, -0.2) is 4.39 Å². The number of amidine groups is 1. The third-order valence-corrected chi connectivity index (χ3v) is 2.98. The third kappa shape index (κ3) is 3.49. The molecule has 0 aliphatic rings. The van der Waals surface area contributed by atoms with E-state index < -0.39 is 5.82 Å². The molecule has 21 heavy (non-hydrogen) atoms. The molecule has 2 aromatic rings. The smallest absolute Gasteiger partial charge is 0.170 e. The Labute approximate surface area is 121 Å². The van der Waals surface area contributed by atoms with Gasteiger partial charge >= 0.3 is 0 Å². The molecule has 0 aliphatic carbocycles. The van der Waals surface area contributed by atoms with Crippen LogP contribution in [0, 0.1) is 5.82 Å². The number of nitrogens with zero attached hydrogens (tertiary/aromatic N) is 1. The maximum Gasteiger partial charge on any atom is 0.170 e. The molecule has 2 rings (SSSR count). The summed E-state index contributed by atoms with van der Waals surface area (Å²) in [6.45, 7) is -0.0461. The number of aliphatic hydroxyl groups excluding tert-OH is 1. The first-order chi connectivity index (χ1) is 10.2. The van der Waals surface area contributed by atoms with E-state index in [0.29, 0.717) is 16.9 Å². The molecular formula is C15H15FN2O3. The second-order valence-corrected chi connectivity index (χ2v) is 4.34. The summed E-state index contributed by atoms with van der Waals surface area (Å²) in [5.41, 5.74) is 7.00. The lowest BCUT2D eigenvalue weighted by molar-refractivity contribution is 0.259. The van der Waals surface area contributed by atoms with Gasteiger partial charge in [0.1, 0.15) is 18.2 Å². The Kier molecular flexibility index (Phi) is 4.73. The second-order valence-electron chi connectivity index (χ2n) is 4.34. The van der Waals surface area contributed by atoms with E-state index in [1.54, 1.807) is 24.3 Å². The number of hydrogen-bond donors (Lipinski definition) is 3. The molecule has 0 aliphatic heterocycles. The molecule has 0 amide bonds. The number of oxime groups is 1. The van der Waals surface area contributed by atoms with Crippen molar-refractivity contribution < 1.29 is 19.4 Å². The average molecular weight is 290 g/mol. The molecule has 0 heterocycles.